The van der Waals surface area contributed by atoms with Crippen LogP contribution in [0.4, 0.5) is 0 Å². The number of allylic oxidation sites excluding steroid dienone is 2. The van der Waals surface area contributed by atoms with Crippen LogP contribution in [0.1, 0.15) is 17.7 Å². The molecule has 1 aromatic heterocycles. The molecule has 0 radical (unpaired) electrons. The Morgan fingerprint density at radius 3 is 3.00 bits per heavy atom. The van der Waals surface area contributed by atoms with Gasteiger partial charge in [0, 0.05) is 11.0 Å². The highest BCUT2D eigenvalue weighted by atomic mass is 32.1. The molecule has 2 heteroatoms. The summed E-state index contributed by atoms with van der Waals surface area (Å²) in [5.74, 6) is 0.670. The molecular formula is C10H9NS. The van der Waals surface area contributed by atoms with Crippen molar-refractivity contribution in [1.82, 2.24) is 0 Å². The van der Waals surface area contributed by atoms with Crippen molar-refractivity contribution in [3.63, 3.8) is 0 Å². The van der Waals surface area contributed by atoms with E-state index in [2.05, 4.69) is 17.5 Å². The molecule has 0 aliphatic heterocycles. The molecule has 0 saturated heterocycles. The molecule has 1 aliphatic rings. The van der Waals surface area contributed by atoms with Gasteiger partial charge < -0.3 is 0 Å². The summed E-state index contributed by atoms with van der Waals surface area (Å²) in [5.41, 5.74) is 1.24. The van der Waals surface area contributed by atoms with Crippen LogP contribution in [-0.4, -0.2) is 0 Å². The Bertz CT molecular complexity index is 325. The number of hydrogen-bond donors (Lipinski definition) is 0. The lowest BCUT2D eigenvalue weighted by Crippen LogP contribution is -1.80. The molecule has 0 spiro atoms. The molecule has 1 nitrogen and oxygen atoms in total. The van der Waals surface area contributed by atoms with Gasteiger partial charge in [-0.25, -0.2) is 0 Å². The van der Waals surface area contributed by atoms with Gasteiger partial charge in [0.1, 0.15) is 0 Å². The Labute approximate surface area is 76.0 Å². The smallest absolute Gasteiger partial charge is 0.0915 e. The zero-order chi connectivity index (χ0) is 8.39. The molecule has 1 saturated carbocycles. The van der Waals surface area contributed by atoms with Gasteiger partial charge in [0.05, 0.1) is 6.07 Å². The molecule has 1 fully saturated rings. The van der Waals surface area contributed by atoms with Gasteiger partial charge in [0.2, 0.25) is 0 Å². The fourth-order valence-electron chi connectivity index (χ4n) is 1.30. The van der Waals surface area contributed by atoms with Crippen molar-refractivity contribution in [1.29, 1.82) is 5.26 Å². The fraction of sp³-hybridized carbons (Fsp3) is 0.300. The lowest BCUT2D eigenvalue weighted by molar-refractivity contribution is 1.16. The first-order valence-electron chi connectivity index (χ1n) is 4.05. The van der Waals surface area contributed by atoms with Crippen LogP contribution >= 0.6 is 11.3 Å². The van der Waals surface area contributed by atoms with E-state index in [9.17, 15) is 0 Å². The first-order valence-corrected chi connectivity index (χ1v) is 4.93. The van der Waals surface area contributed by atoms with Crippen LogP contribution in [0.2, 0.25) is 0 Å². The molecule has 0 bridgehead atoms. The molecule has 1 heterocycles. The quantitative estimate of drug-likeness (QED) is 0.634. The second-order valence-corrected chi connectivity index (χ2v) is 3.93. The zero-order valence-electron chi connectivity index (χ0n) is 6.66. The summed E-state index contributed by atoms with van der Waals surface area (Å²) in [5, 5.41) is 10.6. The third-order valence-corrected chi connectivity index (χ3v) is 2.96. The van der Waals surface area contributed by atoms with E-state index in [0.29, 0.717) is 5.92 Å². The summed E-state index contributed by atoms with van der Waals surface area (Å²) in [6, 6.07) is 6.25. The van der Waals surface area contributed by atoms with Crippen LogP contribution in [0.5, 0.6) is 0 Å². The third kappa shape index (κ3) is 1.41. The highest BCUT2D eigenvalue weighted by Gasteiger charge is 2.27. The van der Waals surface area contributed by atoms with Gasteiger partial charge in [0.25, 0.3) is 0 Å². The van der Waals surface area contributed by atoms with Crippen LogP contribution in [0.15, 0.2) is 23.6 Å². The minimum Gasteiger partial charge on any atom is -0.193 e. The van der Waals surface area contributed by atoms with E-state index in [1.807, 2.05) is 6.07 Å². The topological polar surface area (TPSA) is 23.8 Å². The highest BCUT2D eigenvalue weighted by molar-refractivity contribution is 7.11. The van der Waals surface area contributed by atoms with Crippen LogP contribution in [0, 0.1) is 17.2 Å². The lowest BCUT2D eigenvalue weighted by atomic mass is 10.1. The van der Waals surface area contributed by atoms with Crippen molar-refractivity contribution in [3.8, 4) is 6.07 Å². The lowest BCUT2D eigenvalue weighted by Gasteiger charge is -1.98. The van der Waals surface area contributed by atoms with Gasteiger partial charge in [-0.05, 0) is 35.8 Å². The third-order valence-electron chi connectivity index (χ3n) is 2.04. The molecule has 0 atom stereocenters. The Hall–Kier alpha value is -1.07. The molecule has 12 heavy (non-hydrogen) atoms. The van der Waals surface area contributed by atoms with E-state index in [4.69, 9.17) is 5.26 Å². The first kappa shape index (κ1) is 7.57. The monoisotopic (exact) mass is 175 g/mol. The maximum Gasteiger partial charge on any atom is 0.0915 e. The zero-order valence-corrected chi connectivity index (χ0v) is 7.47. The highest BCUT2D eigenvalue weighted by Crippen LogP contribution is 2.42. The average Bonchev–Trinajstić information content (AvgIpc) is 2.77. The molecule has 0 aromatic carbocycles. The summed E-state index contributed by atoms with van der Waals surface area (Å²) < 4.78 is 0. The van der Waals surface area contributed by atoms with Gasteiger partial charge in [-0.2, -0.15) is 5.26 Å². The number of nitrogens with zero attached hydrogens (tertiary/aromatic N) is 1. The van der Waals surface area contributed by atoms with Gasteiger partial charge in [-0.3, -0.25) is 0 Å². The fourth-order valence-corrected chi connectivity index (χ4v) is 2.12. The Morgan fingerprint density at radius 1 is 1.67 bits per heavy atom. The summed E-state index contributed by atoms with van der Waals surface area (Å²) in [6.07, 6.45) is 4.21. The van der Waals surface area contributed by atoms with E-state index < -0.39 is 0 Å². The van der Waals surface area contributed by atoms with E-state index in [1.54, 1.807) is 17.4 Å². The van der Waals surface area contributed by atoms with E-state index in [-0.39, 0.29) is 0 Å². The molecule has 1 aromatic rings. The normalized spacial score (nSPS) is 17.4. The van der Waals surface area contributed by atoms with Crippen LogP contribution in [-0.2, 0) is 0 Å². The minimum atomic E-state index is 0.670. The predicted octanol–water partition coefficient (Wildman–Crippen LogP) is 3.07. The predicted molar refractivity (Wildman–Crippen MR) is 50.6 cm³/mol. The summed E-state index contributed by atoms with van der Waals surface area (Å²) in [4.78, 5) is 1.26. The Morgan fingerprint density at radius 2 is 2.50 bits per heavy atom. The second kappa shape index (κ2) is 3.12. The molecule has 60 valence electrons. The van der Waals surface area contributed by atoms with Crippen molar-refractivity contribution >= 4 is 16.9 Å². The largest absolute Gasteiger partial charge is 0.193 e. The number of nitriles is 1. The second-order valence-electron chi connectivity index (χ2n) is 2.98. The van der Waals surface area contributed by atoms with Crippen LogP contribution in [0.25, 0.3) is 5.57 Å². The average molecular weight is 175 g/mol. The number of hydrogen-bond acceptors (Lipinski definition) is 2. The molecule has 0 unspecified atom stereocenters. The SMILES string of the molecule is N#CC=C(c1cccs1)C1CC1. The minimum absolute atomic E-state index is 0.670. The van der Waals surface area contributed by atoms with E-state index in [0.717, 1.165) is 0 Å². The van der Waals surface area contributed by atoms with E-state index >= 15 is 0 Å². The Balaban J connectivity index is 2.29. The van der Waals surface area contributed by atoms with Gasteiger partial charge in [0.15, 0.2) is 0 Å². The van der Waals surface area contributed by atoms with Crippen LogP contribution in [0.3, 0.4) is 0 Å². The molecular weight excluding hydrogens is 166 g/mol. The van der Waals surface area contributed by atoms with Crippen molar-refractivity contribution in [2.45, 2.75) is 12.8 Å². The van der Waals surface area contributed by atoms with Crippen LogP contribution < -0.4 is 0 Å². The molecule has 1 aliphatic carbocycles. The van der Waals surface area contributed by atoms with E-state index in [1.165, 1.54) is 23.3 Å². The van der Waals surface area contributed by atoms with Gasteiger partial charge in [-0.1, -0.05) is 6.07 Å². The molecule has 0 N–H and O–H groups in total. The van der Waals surface area contributed by atoms with Gasteiger partial charge in [-0.15, -0.1) is 11.3 Å². The maximum absolute atomic E-state index is 8.59. The van der Waals surface area contributed by atoms with Crippen molar-refractivity contribution in [3.05, 3.63) is 28.5 Å². The van der Waals surface area contributed by atoms with Gasteiger partial charge >= 0.3 is 0 Å². The maximum atomic E-state index is 8.59. The number of rotatable bonds is 2. The molecule has 0 amide bonds. The standard InChI is InChI=1S/C10H9NS/c11-6-5-9(8-3-4-8)10-2-1-7-12-10/h1-2,5,7-8H,3-4H2. The first-order chi connectivity index (χ1) is 5.92. The molecule has 2 rings (SSSR count). The van der Waals surface area contributed by atoms with Crippen molar-refractivity contribution in [2.75, 3.05) is 0 Å². The van der Waals surface area contributed by atoms with Crippen molar-refractivity contribution in [2.24, 2.45) is 5.92 Å². The summed E-state index contributed by atoms with van der Waals surface area (Å²) >= 11 is 1.72. The van der Waals surface area contributed by atoms with Crippen molar-refractivity contribution < 1.29 is 0 Å². The summed E-state index contributed by atoms with van der Waals surface area (Å²) in [6.45, 7) is 0. The Kier molecular flexibility index (Phi) is 1.97. The number of thiophene rings is 1. The summed E-state index contributed by atoms with van der Waals surface area (Å²) in [7, 11) is 0.